The van der Waals surface area contributed by atoms with E-state index in [9.17, 15) is 4.79 Å². The number of carbonyl (C=O) groups excluding carboxylic acids is 1. The Hall–Kier alpha value is -1.59. The molecule has 29 heavy (non-hydrogen) atoms. The van der Waals surface area contributed by atoms with E-state index in [1.54, 1.807) is 0 Å². The molecule has 0 aromatic heterocycles. The molecule has 1 saturated heterocycles. The molecule has 1 aliphatic heterocycles. The zero-order chi connectivity index (χ0) is 21.4. The summed E-state index contributed by atoms with van der Waals surface area (Å²) in [7, 11) is -1.99. The van der Waals surface area contributed by atoms with Crippen molar-refractivity contribution in [3.8, 4) is 0 Å². The fourth-order valence-corrected chi connectivity index (χ4v) is 5.23. The van der Waals surface area contributed by atoms with Gasteiger partial charge < -0.3 is 9.16 Å². The summed E-state index contributed by atoms with van der Waals surface area (Å²) in [6.45, 7) is 18.5. The second-order valence-electron chi connectivity index (χ2n) is 10.3. The van der Waals surface area contributed by atoms with E-state index in [1.807, 2.05) is 30.0 Å². The van der Waals surface area contributed by atoms with Crippen LogP contribution < -0.4 is 0 Å². The number of hydrogen-bond donors (Lipinski definition) is 0. The van der Waals surface area contributed by atoms with Crippen molar-refractivity contribution in [1.82, 2.24) is 4.90 Å². The predicted octanol–water partition coefficient (Wildman–Crippen LogP) is 6.14. The van der Waals surface area contributed by atoms with Crippen LogP contribution in [0.1, 0.15) is 52.5 Å². The molecule has 2 atom stereocenters. The van der Waals surface area contributed by atoms with E-state index in [1.165, 1.54) is 6.42 Å². The monoisotopic (exact) mass is 415 g/mol. The van der Waals surface area contributed by atoms with Crippen LogP contribution in [0.15, 0.2) is 42.5 Å². The standard InChI is InChI=1S/C24H37NO3Si/c1-18(2)21-24(20-14-11-15-20,17-27-29(6,7)23(3,4)5)25(22(26)28-21)16-19-12-9-8-10-13-19/h8-10,12-13,20-21H,1,11,14-17H2,2-7H3/t21-,24-/m1/s1. The molecule has 160 valence electrons. The second-order valence-corrected chi connectivity index (χ2v) is 15.2. The van der Waals surface area contributed by atoms with Gasteiger partial charge in [-0.3, -0.25) is 4.90 Å². The van der Waals surface area contributed by atoms with E-state index in [-0.39, 0.29) is 17.2 Å². The Morgan fingerprint density at radius 1 is 1.28 bits per heavy atom. The number of cyclic esters (lactones) is 1. The topological polar surface area (TPSA) is 38.8 Å². The highest BCUT2D eigenvalue weighted by molar-refractivity contribution is 6.74. The Balaban J connectivity index is 2.00. The van der Waals surface area contributed by atoms with Crippen molar-refractivity contribution < 1.29 is 14.0 Å². The number of amides is 1. The van der Waals surface area contributed by atoms with Crippen LogP contribution in [0.25, 0.3) is 0 Å². The first kappa shape index (κ1) is 22.1. The van der Waals surface area contributed by atoms with Gasteiger partial charge in [-0.2, -0.15) is 0 Å². The number of nitrogens with zero attached hydrogens (tertiary/aromatic N) is 1. The first-order valence-electron chi connectivity index (χ1n) is 10.8. The maximum atomic E-state index is 13.1. The van der Waals surface area contributed by atoms with E-state index in [4.69, 9.17) is 9.16 Å². The molecule has 0 N–H and O–H groups in total. The average molecular weight is 416 g/mol. The van der Waals surface area contributed by atoms with Gasteiger partial charge in [0, 0.05) is 6.54 Å². The van der Waals surface area contributed by atoms with E-state index in [0.29, 0.717) is 19.1 Å². The van der Waals surface area contributed by atoms with Gasteiger partial charge in [0.05, 0.1) is 6.61 Å². The third-order valence-corrected chi connectivity index (χ3v) is 11.8. The van der Waals surface area contributed by atoms with Crippen molar-refractivity contribution >= 4 is 14.4 Å². The lowest BCUT2D eigenvalue weighted by atomic mass is 9.66. The van der Waals surface area contributed by atoms with Crippen LogP contribution in [0.4, 0.5) is 4.79 Å². The maximum Gasteiger partial charge on any atom is 0.411 e. The molecule has 0 spiro atoms. The van der Waals surface area contributed by atoms with Crippen molar-refractivity contribution in [1.29, 1.82) is 0 Å². The van der Waals surface area contributed by atoms with Crippen molar-refractivity contribution in [2.24, 2.45) is 5.92 Å². The Morgan fingerprint density at radius 2 is 1.90 bits per heavy atom. The van der Waals surface area contributed by atoms with E-state index in [2.05, 4.69) is 52.6 Å². The first-order valence-corrected chi connectivity index (χ1v) is 13.7. The molecule has 1 saturated carbocycles. The van der Waals surface area contributed by atoms with Crippen molar-refractivity contribution in [3.63, 3.8) is 0 Å². The fraction of sp³-hybridized carbons (Fsp3) is 0.625. The summed E-state index contributed by atoms with van der Waals surface area (Å²) in [6.07, 6.45) is 2.84. The molecule has 0 radical (unpaired) electrons. The zero-order valence-electron chi connectivity index (χ0n) is 19.0. The van der Waals surface area contributed by atoms with Gasteiger partial charge in [0.25, 0.3) is 0 Å². The Labute approximate surface area is 177 Å². The van der Waals surface area contributed by atoms with Gasteiger partial charge in [0.15, 0.2) is 8.32 Å². The molecule has 1 amide bonds. The second kappa shape index (κ2) is 7.92. The highest BCUT2D eigenvalue weighted by Gasteiger charge is 2.61. The third-order valence-electron chi connectivity index (χ3n) is 7.31. The van der Waals surface area contributed by atoms with Crippen molar-refractivity contribution in [3.05, 3.63) is 48.0 Å². The van der Waals surface area contributed by atoms with Crippen molar-refractivity contribution in [2.75, 3.05) is 6.61 Å². The molecule has 4 nitrogen and oxygen atoms in total. The van der Waals surface area contributed by atoms with Crippen LogP contribution in [0.3, 0.4) is 0 Å². The SMILES string of the molecule is C=C(C)[C@H]1OC(=O)N(Cc2ccccc2)[C@]1(CO[Si](C)(C)C(C)(C)C)C1CCC1. The normalized spacial score (nSPS) is 25.7. The largest absolute Gasteiger partial charge is 0.439 e. The zero-order valence-corrected chi connectivity index (χ0v) is 20.0. The summed E-state index contributed by atoms with van der Waals surface area (Å²) in [6, 6.07) is 10.2. The van der Waals surface area contributed by atoms with E-state index < -0.39 is 13.9 Å². The fourth-order valence-electron chi connectivity index (χ4n) is 4.21. The Bertz CT molecular complexity index is 751. The average Bonchev–Trinajstić information content (AvgIpc) is 2.85. The van der Waals surface area contributed by atoms with Gasteiger partial charge in [0.2, 0.25) is 0 Å². The summed E-state index contributed by atoms with van der Waals surface area (Å²) in [5.41, 5.74) is 1.54. The number of rotatable bonds is 7. The molecular formula is C24H37NO3Si. The van der Waals surface area contributed by atoms with E-state index in [0.717, 1.165) is 24.0 Å². The van der Waals surface area contributed by atoms with Gasteiger partial charge in [0.1, 0.15) is 11.6 Å². The minimum atomic E-state index is -1.99. The third kappa shape index (κ3) is 4.04. The highest BCUT2D eigenvalue weighted by atomic mass is 28.4. The lowest BCUT2D eigenvalue weighted by Gasteiger charge is -2.50. The number of benzene rings is 1. The minimum Gasteiger partial charge on any atom is -0.439 e. The molecule has 5 heteroatoms. The molecule has 2 aliphatic rings. The molecule has 2 fully saturated rings. The van der Waals surface area contributed by atoms with Crippen LogP contribution >= 0.6 is 0 Å². The highest BCUT2D eigenvalue weighted by Crippen LogP contribution is 2.50. The smallest absolute Gasteiger partial charge is 0.411 e. The summed E-state index contributed by atoms with van der Waals surface area (Å²) in [5, 5.41) is 0.111. The molecule has 1 aliphatic carbocycles. The predicted molar refractivity (Wildman–Crippen MR) is 120 cm³/mol. The number of ether oxygens (including phenoxy) is 1. The van der Waals surface area contributed by atoms with Gasteiger partial charge in [-0.05, 0) is 55.0 Å². The molecule has 0 bridgehead atoms. The first-order chi connectivity index (χ1) is 13.5. The van der Waals surface area contributed by atoms with Gasteiger partial charge in [-0.1, -0.05) is 64.1 Å². The molecular weight excluding hydrogens is 378 g/mol. The Kier molecular flexibility index (Phi) is 6.03. The molecule has 3 rings (SSSR count). The quantitative estimate of drug-likeness (QED) is 0.396. The van der Waals surface area contributed by atoms with Gasteiger partial charge >= 0.3 is 6.09 Å². The lowest BCUT2D eigenvalue weighted by Crippen LogP contribution is -2.63. The molecule has 1 aromatic rings. The molecule has 0 unspecified atom stereocenters. The van der Waals surface area contributed by atoms with Crippen LogP contribution in [0, 0.1) is 5.92 Å². The van der Waals surface area contributed by atoms with Crippen LogP contribution in [-0.4, -0.2) is 37.6 Å². The van der Waals surface area contributed by atoms with Crippen LogP contribution in [0.2, 0.25) is 18.1 Å². The van der Waals surface area contributed by atoms with Gasteiger partial charge in [-0.25, -0.2) is 4.79 Å². The minimum absolute atomic E-state index is 0.111. The number of carbonyl (C=O) groups is 1. The van der Waals surface area contributed by atoms with Gasteiger partial charge in [-0.15, -0.1) is 0 Å². The number of hydrogen-bond acceptors (Lipinski definition) is 3. The molecule has 1 aromatic carbocycles. The summed E-state index contributed by atoms with van der Waals surface area (Å²) in [4.78, 5) is 15.1. The Morgan fingerprint density at radius 3 is 2.38 bits per heavy atom. The summed E-state index contributed by atoms with van der Waals surface area (Å²) >= 11 is 0. The van der Waals surface area contributed by atoms with E-state index >= 15 is 0 Å². The van der Waals surface area contributed by atoms with Crippen LogP contribution in [-0.2, 0) is 15.7 Å². The molecule has 1 heterocycles. The maximum absolute atomic E-state index is 13.1. The summed E-state index contributed by atoms with van der Waals surface area (Å²) < 4.78 is 12.7. The van der Waals surface area contributed by atoms with Crippen LogP contribution in [0.5, 0.6) is 0 Å². The lowest BCUT2D eigenvalue weighted by molar-refractivity contribution is -0.0221. The van der Waals surface area contributed by atoms with Crippen molar-refractivity contribution in [2.45, 2.75) is 83.3 Å². The summed E-state index contributed by atoms with van der Waals surface area (Å²) in [5.74, 6) is 0.379.